The minimum absolute atomic E-state index is 0.160. The van der Waals surface area contributed by atoms with Gasteiger partial charge in [-0.05, 0) is 40.9 Å². The molecule has 104 valence electrons. The highest BCUT2D eigenvalue weighted by atomic mass is 79.9. The molecule has 3 nitrogen and oxygen atoms in total. The molecule has 0 saturated heterocycles. The molecular weight excluding hydrogens is 308 g/mol. The third kappa shape index (κ3) is 2.64. The smallest absolute Gasteiger partial charge is 0.172 e. The normalized spacial score (nSPS) is 17.3. The maximum Gasteiger partial charge on any atom is 0.172 e. The van der Waals surface area contributed by atoms with Crippen LogP contribution in [0.4, 0.5) is 0 Å². The Kier molecular flexibility index (Phi) is 4.19. The number of ether oxygens (including phenoxy) is 2. The third-order valence-electron chi connectivity index (χ3n) is 3.97. The fourth-order valence-electron chi connectivity index (χ4n) is 2.75. The quantitative estimate of drug-likeness (QED) is 0.777. The van der Waals surface area contributed by atoms with E-state index in [-0.39, 0.29) is 11.2 Å². The summed E-state index contributed by atoms with van der Waals surface area (Å²) in [5.74, 6) is 1.42. The Morgan fingerprint density at radius 1 is 1.16 bits per heavy atom. The average Bonchev–Trinajstić information content (AvgIpc) is 2.85. The molecule has 1 aromatic carbocycles. The lowest BCUT2D eigenvalue weighted by molar-refractivity contribution is 0.0820. The van der Waals surface area contributed by atoms with Gasteiger partial charge in [0.25, 0.3) is 0 Å². The molecule has 0 aliphatic heterocycles. The van der Waals surface area contributed by atoms with E-state index < -0.39 is 0 Å². The second kappa shape index (κ2) is 5.53. The molecule has 0 amide bonds. The molecule has 0 heterocycles. The molecule has 1 aromatic rings. The Morgan fingerprint density at radius 3 is 2.26 bits per heavy atom. The molecule has 2 rings (SSSR count). The van der Waals surface area contributed by atoms with E-state index >= 15 is 0 Å². The predicted octanol–water partition coefficient (Wildman–Crippen LogP) is 4.23. The van der Waals surface area contributed by atoms with E-state index in [9.17, 15) is 4.79 Å². The molecule has 1 fully saturated rings. The van der Waals surface area contributed by atoms with Gasteiger partial charge in [-0.25, -0.2) is 0 Å². The van der Waals surface area contributed by atoms with Gasteiger partial charge in [0.05, 0.1) is 24.3 Å². The first-order chi connectivity index (χ1) is 9.01. The highest BCUT2D eigenvalue weighted by Crippen LogP contribution is 2.43. The number of carbonyl (C=O) groups excluding carboxylic acids is 1. The molecule has 0 atom stereocenters. The van der Waals surface area contributed by atoms with Crippen molar-refractivity contribution >= 4 is 21.7 Å². The predicted molar refractivity (Wildman–Crippen MR) is 78.2 cm³/mol. The molecule has 0 unspecified atom stereocenters. The minimum atomic E-state index is -0.258. The fraction of sp³-hybridized carbons (Fsp3) is 0.533. The van der Waals surface area contributed by atoms with Gasteiger partial charge in [0.15, 0.2) is 5.78 Å². The average molecular weight is 327 g/mol. The number of hydrogen-bond donors (Lipinski definition) is 0. The SMILES string of the molecule is COc1cc(C(=O)C2(C)CCCC2)c(OC)cc1Br. The first kappa shape index (κ1) is 14.4. The van der Waals surface area contributed by atoms with E-state index in [4.69, 9.17) is 9.47 Å². The van der Waals surface area contributed by atoms with Crippen molar-refractivity contribution in [1.29, 1.82) is 0 Å². The maximum absolute atomic E-state index is 12.8. The van der Waals surface area contributed by atoms with E-state index in [0.717, 1.165) is 30.2 Å². The molecular formula is C15H19BrO3. The summed E-state index contributed by atoms with van der Waals surface area (Å²) < 4.78 is 11.4. The van der Waals surface area contributed by atoms with Crippen molar-refractivity contribution in [2.45, 2.75) is 32.6 Å². The molecule has 0 aromatic heterocycles. The summed E-state index contributed by atoms with van der Waals surface area (Å²) in [5, 5.41) is 0. The molecule has 1 aliphatic rings. The Bertz CT molecular complexity index is 490. The van der Waals surface area contributed by atoms with Crippen molar-refractivity contribution in [3.05, 3.63) is 22.2 Å². The summed E-state index contributed by atoms with van der Waals surface area (Å²) in [6.07, 6.45) is 4.15. The number of hydrogen-bond acceptors (Lipinski definition) is 3. The zero-order valence-electron chi connectivity index (χ0n) is 11.6. The minimum Gasteiger partial charge on any atom is -0.496 e. The molecule has 0 radical (unpaired) electrons. The zero-order valence-corrected chi connectivity index (χ0v) is 13.2. The highest BCUT2D eigenvalue weighted by molar-refractivity contribution is 9.10. The van der Waals surface area contributed by atoms with E-state index in [1.807, 2.05) is 0 Å². The number of ketones is 1. The second-order valence-electron chi connectivity index (χ2n) is 5.28. The van der Waals surface area contributed by atoms with Crippen molar-refractivity contribution in [1.82, 2.24) is 0 Å². The molecule has 1 aliphatic carbocycles. The Balaban J connectivity index is 2.45. The Morgan fingerprint density at radius 2 is 1.74 bits per heavy atom. The van der Waals surface area contributed by atoms with E-state index in [1.165, 1.54) is 0 Å². The maximum atomic E-state index is 12.8. The van der Waals surface area contributed by atoms with Crippen LogP contribution < -0.4 is 9.47 Å². The van der Waals surface area contributed by atoms with Gasteiger partial charge in [-0.3, -0.25) is 4.79 Å². The van der Waals surface area contributed by atoms with Gasteiger partial charge in [-0.2, -0.15) is 0 Å². The van der Waals surface area contributed by atoms with Gasteiger partial charge in [-0.1, -0.05) is 19.8 Å². The van der Waals surface area contributed by atoms with Crippen molar-refractivity contribution in [3.63, 3.8) is 0 Å². The lowest BCUT2D eigenvalue weighted by Gasteiger charge is -2.23. The third-order valence-corrected chi connectivity index (χ3v) is 4.59. The standard InChI is InChI=1S/C15H19BrO3/c1-15(6-4-5-7-15)14(17)10-8-13(19-3)11(16)9-12(10)18-2/h8-9H,4-7H2,1-3H3. The van der Waals surface area contributed by atoms with Crippen LogP contribution in [-0.2, 0) is 0 Å². The van der Waals surface area contributed by atoms with Gasteiger partial charge in [0.1, 0.15) is 11.5 Å². The van der Waals surface area contributed by atoms with E-state index in [0.29, 0.717) is 17.1 Å². The molecule has 0 spiro atoms. The zero-order chi connectivity index (χ0) is 14.0. The number of carbonyl (C=O) groups is 1. The van der Waals surface area contributed by atoms with Gasteiger partial charge >= 0.3 is 0 Å². The fourth-order valence-corrected chi connectivity index (χ4v) is 3.23. The van der Waals surface area contributed by atoms with Crippen LogP contribution in [0.25, 0.3) is 0 Å². The Labute approximate surface area is 122 Å². The molecule has 19 heavy (non-hydrogen) atoms. The number of Topliss-reactive ketones (excluding diaryl/α,β-unsaturated/α-hetero) is 1. The lowest BCUT2D eigenvalue weighted by atomic mass is 9.80. The highest BCUT2D eigenvalue weighted by Gasteiger charge is 2.38. The summed E-state index contributed by atoms with van der Waals surface area (Å²) in [7, 11) is 3.18. The second-order valence-corrected chi connectivity index (χ2v) is 6.14. The largest absolute Gasteiger partial charge is 0.496 e. The molecule has 0 bridgehead atoms. The summed E-state index contributed by atoms with van der Waals surface area (Å²) in [6, 6.07) is 3.57. The molecule has 1 saturated carbocycles. The van der Waals surface area contributed by atoms with Crippen LogP contribution in [0.15, 0.2) is 16.6 Å². The van der Waals surface area contributed by atoms with Crippen LogP contribution in [0, 0.1) is 5.41 Å². The van der Waals surface area contributed by atoms with Crippen LogP contribution in [0.3, 0.4) is 0 Å². The monoisotopic (exact) mass is 326 g/mol. The van der Waals surface area contributed by atoms with Crippen LogP contribution in [0.2, 0.25) is 0 Å². The van der Waals surface area contributed by atoms with Crippen molar-refractivity contribution in [2.24, 2.45) is 5.41 Å². The van der Waals surface area contributed by atoms with Crippen LogP contribution in [-0.4, -0.2) is 20.0 Å². The van der Waals surface area contributed by atoms with Crippen LogP contribution in [0.1, 0.15) is 43.0 Å². The van der Waals surface area contributed by atoms with Gasteiger partial charge in [0.2, 0.25) is 0 Å². The Hall–Kier alpha value is -1.03. The number of halogens is 1. The van der Waals surface area contributed by atoms with Gasteiger partial charge in [-0.15, -0.1) is 0 Å². The van der Waals surface area contributed by atoms with E-state index in [2.05, 4.69) is 22.9 Å². The molecule has 0 N–H and O–H groups in total. The summed E-state index contributed by atoms with van der Waals surface area (Å²) >= 11 is 3.41. The van der Waals surface area contributed by atoms with Crippen molar-refractivity contribution < 1.29 is 14.3 Å². The molecule has 4 heteroatoms. The van der Waals surface area contributed by atoms with Crippen LogP contribution in [0.5, 0.6) is 11.5 Å². The summed E-state index contributed by atoms with van der Waals surface area (Å²) in [5.41, 5.74) is 0.360. The summed E-state index contributed by atoms with van der Waals surface area (Å²) in [4.78, 5) is 12.8. The first-order valence-corrected chi connectivity index (χ1v) is 7.27. The number of benzene rings is 1. The van der Waals surface area contributed by atoms with Crippen molar-refractivity contribution in [2.75, 3.05) is 14.2 Å². The first-order valence-electron chi connectivity index (χ1n) is 6.48. The lowest BCUT2D eigenvalue weighted by Crippen LogP contribution is -2.24. The van der Waals surface area contributed by atoms with Gasteiger partial charge in [0, 0.05) is 5.41 Å². The summed E-state index contributed by atoms with van der Waals surface area (Å²) in [6.45, 7) is 2.05. The number of rotatable bonds is 4. The topological polar surface area (TPSA) is 35.5 Å². The van der Waals surface area contributed by atoms with Crippen molar-refractivity contribution in [3.8, 4) is 11.5 Å². The number of methoxy groups -OCH3 is 2. The van der Waals surface area contributed by atoms with Gasteiger partial charge < -0.3 is 9.47 Å². The van der Waals surface area contributed by atoms with Crippen LogP contribution >= 0.6 is 15.9 Å². The van der Waals surface area contributed by atoms with E-state index in [1.54, 1.807) is 26.4 Å².